The minimum absolute atomic E-state index is 0.0388. The first-order valence-electron chi connectivity index (χ1n) is 10.5. The van der Waals surface area contributed by atoms with Crippen molar-refractivity contribution in [2.45, 2.75) is 43.8 Å². The van der Waals surface area contributed by atoms with E-state index < -0.39 is 0 Å². The molecule has 1 aromatic carbocycles. The molecule has 27 heavy (non-hydrogen) atoms. The summed E-state index contributed by atoms with van der Waals surface area (Å²) in [5.74, 6) is 2.30. The molecule has 3 saturated heterocycles. The standard InChI is InChI=1S/C21H30N4OS/c26-21(24-11-12-27-15-24)19-13-18(14-22-19)23-8-6-17(7-9-23)25-10-5-16-3-1-2-4-20(16)25/h1-4,17-19,22H,5-15H2/t18-,19-/m0/s1. The van der Waals surface area contributed by atoms with E-state index >= 15 is 0 Å². The highest BCUT2D eigenvalue weighted by molar-refractivity contribution is 7.99. The molecule has 146 valence electrons. The fourth-order valence-electron chi connectivity index (χ4n) is 5.30. The number of amides is 1. The van der Waals surface area contributed by atoms with E-state index in [2.05, 4.69) is 39.4 Å². The number of para-hydroxylation sites is 1. The van der Waals surface area contributed by atoms with Gasteiger partial charge >= 0.3 is 0 Å². The van der Waals surface area contributed by atoms with Gasteiger partial charge in [0.2, 0.25) is 5.91 Å². The molecule has 3 fully saturated rings. The van der Waals surface area contributed by atoms with Gasteiger partial charge in [0.15, 0.2) is 0 Å². The molecule has 0 unspecified atom stereocenters. The van der Waals surface area contributed by atoms with E-state index in [0.29, 0.717) is 18.0 Å². The molecule has 0 saturated carbocycles. The molecular weight excluding hydrogens is 356 g/mol. The van der Waals surface area contributed by atoms with Crippen LogP contribution in [0, 0.1) is 0 Å². The normalized spacial score (nSPS) is 29.5. The maximum absolute atomic E-state index is 12.6. The summed E-state index contributed by atoms with van der Waals surface area (Å²) in [6.07, 6.45) is 4.66. The summed E-state index contributed by atoms with van der Waals surface area (Å²) in [4.78, 5) is 20.0. The van der Waals surface area contributed by atoms with Crippen LogP contribution < -0.4 is 10.2 Å². The van der Waals surface area contributed by atoms with Crippen LogP contribution in [0.4, 0.5) is 5.69 Å². The number of thioether (sulfide) groups is 1. The van der Waals surface area contributed by atoms with E-state index in [9.17, 15) is 4.79 Å². The second kappa shape index (κ2) is 7.64. The molecule has 4 aliphatic heterocycles. The number of fused-ring (bicyclic) bond motifs is 1. The van der Waals surface area contributed by atoms with Gasteiger partial charge in [-0.25, -0.2) is 0 Å². The van der Waals surface area contributed by atoms with Gasteiger partial charge in [0.05, 0.1) is 11.9 Å². The lowest BCUT2D eigenvalue weighted by molar-refractivity contribution is -0.131. The van der Waals surface area contributed by atoms with Crippen LogP contribution in [0.3, 0.4) is 0 Å². The Kier molecular flexibility index (Phi) is 5.05. The van der Waals surface area contributed by atoms with Crippen molar-refractivity contribution in [2.75, 3.05) is 49.3 Å². The number of carbonyl (C=O) groups excluding carboxylic acids is 1. The van der Waals surface area contributed by atoms with Gasteiger partial charge < -0.3 is 15.1 Å². The third-order valence-corrected chi connectivity index (χ3v) is 7.81. The Labute approximate surface area is 166 Å². The van der Waals surface area contributed by atoms with Gasteiger partial charge in [-0.2, -0.15) is 0 Å². The average Bonchev–Trinajstić information content (AvgIpc) is 3.48. The van der Waals surface area contributed by atoms with Crippen molar-refractivity contribution < 1.29 is 4.79 Å². The zero-order valence-corrected chi connectivity index (χ0v) is 16.8. The zero-order valence-electron chi connectivity index (χ0n) is 16.0. The van der Waals surface area contributed by atoms with Crippen molar-refractivity contribution in [1.82, 2.24) is 15.1 Å². The maximum atomic E-state index is 12.6. The van der Waals surface area contributed by atoms with Gasteiger partial charge in [-0.3, -0.25) is 9.69 Å². The number of rotatable bonds is 3. The van der Waals surface area contributed by atoms with Crippen LogP contribution in [-0.2, 0) is 11.2 Å². The lowest BCUT2D eigenvalue weighted by Crippen LogP contribution is -2.48. The van der Waals surface area contributed by atoms with Crippen molar-refractivity contribution in [1.29, 1.82) is 0 Å². The number of hydrogen-bond acceptors (Lipinski definition) is 5. The van der Waals surface area contributed by atoms with Crippen LogP contribution in [0.5, 0.6) is 0 Å². The first-order chi connectivity index (χ1) is 13.3. The number of carbonyl (C=O) groups is 1. The van der Waals surface area contributed by atoms with Crippen molar-refractivity contribution >= 4 is 23.4 Å². The van der Waals surface area contributed by atoms with Crippen LogP contribution in [0.25, 0.3) is 0 Å². The predicted octanol–water partition coefficient (Wildman–Crippen LogP) is 1.78. The molecule has 1 N–H and O–H groups in total. The van der Waals surface area contributed by atoms with E-state index in [0.717, 1.165) is 44.2 Å². The highest BCUT2D eigenvalue weighted by Gasteiger charge is 2.38. The van der Waals surface area contributed by atoms with Crippen molar-refractivity contribution in [2.24, 2.45) is 0 Å². The molecule has 1 aromatic rings. The molecule has 6 heteroatoms. The van der Waals surface area contributed by atoms with Gasteiger partial charge in [0, 0.05) is 56.2 Å². The van der Waals surface area contributed by atoms with E-state index in [1.54, 1.807) is 0 Å². The Bertz CT molecular complexity index is 685. The number of hydrogen-bond donors (Lipinski definition) is 1. The summed E-state index contributed by atoms with van der Waals surface area (Å²) in [7, 11) is 0. The number of benzene rings is 1. The largest absolute Gasteiger partial charge is 0.368 e. The van der Waals surface area contributed by atoms with Gasteiger partial charge in [0.1, 0.15) is 0 Å². The number of anilines is 1. The van der Waals surface area contributed by atoms with Crippen LogP contribution in [0.1, 0.15) is 24.8 Å². The molecule has 5 rings (SSSR count). The van der Waals surface area contributed by atoms with Crippen molar-refractivity contribution in [3.63, 3.8) is 0 Å². The third kappa shape index (κ3) is 3.47. The third-order valence-electron chi connectivity index (χ3n) is 6.85. The second-order valence-electron chi connectivity index (χ2n) is 8.33. The molecule has 2 atom stereocenters. The minimum Gasteiger partial charge on any atom is -0.368 e. The van der Waals surface area contributed by atoms with E-state index in [1.165, 1.54) is 37.1 Å². The van der Waals surface area contributed by atoms with Crippen molar-refractivity contribution in [3.8, 4) is 0 Å². The summed E-state index contributed by atoms with van der Waals surface area (Å²) < 4.78 is 0. The number of nitrogens with one attached hydrogen (secondary N) is 1. The Balaban J connectivity index is 1.14. The molecule has 5 nitrogen and oxygen atoms in total. The van der Waals surface area contributed by atoms with Crippen LogP contribution >= 0.6 is 11.8 Å². The first-order valence-corrected chi connectivity index (χ1v) is 11.6. The summed E-state index contributed by atoms with van der Waals surface area (Å²) in [5.41, 5.74) is 2.98. The fourth-order valence-corrected chi connectivity index (χ4v) is 6.25. The number of piperidine rings is 1. The van der Waals surface area contributed by atoms with Gasteiger partial charge in [-0.1, -0.05) is 18.2 Å². The number of likely N-dealkylation sites (tertiary alicyclic amines) is 1. The van der Waals surface area contributed by atoms with E-state index in [1.807, 2.05) is 16.7 Å². The highest BCUT2D eigenvalue weighted by atomic mass is 32.2. The molecule has 0 bridgehead atoms. The summed E-state index contributed by atoms with van der Waals surface area (Å²) >= 11 is 1.87. The Morgan fingerprint density at radius 1 is 1.07 bits per heavy atom. The first kappa shape index (κ1) is 17.8. The Hall–Kier alpha value is -1.24. The second-order valence-corrected chi connectivity index (χ2v) is 9.40. The molecule has 0 aromatic heterocycles. The molecule has 4 heterocycles. The van der Waals surface area contributed by atoms with Crippen LogP contribution in [-0.4, -0.2) is 78.2 Å². The smallest absolute Gasteiger partial charge is 0.240 e. The monoisotopic (exact) mass is 386 g/mol. The SMILES string of the molecule is O=C([C@@H]1C[C@H](N2CCC(N3CCc4ccccc43)CC2)CN1)N1CCSC1. The van der Waals surface area contributed by atoms with E-state index in [4.69, 9.17) is 0 Å². The van der Waals surface area contributed by atoms with Crippen molar-refractivity contribution in [3.05, 3.63) is 29.8 Å². The topological polar surface area (TPSA) is 38.8 Å². The zero-order chi connectivity index (χ0) is 18.2. The van der Waals surface area contributed by atoms with Gasteiger partial charge in [-0.05, 0) is 37.3 Å². The highest BCUT2D eigenvalue weighted by Crippen LogP contribution is 2.33. The minimum atomic E-state index is 0.0388. The molecule has 0 spiro atoms. The lowest BCUT2D eigenvalue weighted by atomic mass is 10.00. The number of nitrogens with zero attached hydrogens (tertiary/aromatic N) is 3. The Morgan fingerprint density at radius 3 is 2.74 bits per heavy atom. The van der Waals surface area contributed by atoms with Crippen LogP contribution in [0.2, 0.25) is 0 Å². The maximum Gasteiger partial charge on any atom is 0.240 e. The molecule has 1 amide bonds. The van der Waals surface area contributed by atoms with Gasteiger partial charge in [0.25, 0.3) is 0 Å². The Morgan fingerprint density at radius 2 is 1.93 bits per heavy atom. The van der Waals surface area contributed by atoms with Crippen LogP contribution in [0.15, 0.2) is 24.3 Å². The molecular formula is C21H30N4OS. The lowest BCUT2D eigenvalue weighted by Gasteiger charge is -2.40. The molecule has 0 aliphatic carbocycles. The summed E-state index contributed by atoms with van der Waals surface area (Å²) in [6.45, 7) is 5.40. The average molecular weight is 387 g/mol. The van der Waals surface area contributed by atoms with E-state index in [-0.39, 0.29) is 6.04 Å². The fraction of sp³-hybridized carbons (Fsp3) is 0.667. The summed E-state index contributed by atoms with van der Waals surface area (Å²) in [5, 5.41) is 3.51. The molecule has 0 radical (unpaired) electrons. The van der Waals surface area contributed by atoms with Gasteiger partial charge in [-0.15, -0.1) is 11.8 Å². The molecule has 4 aliphatic rings. The summed E-state index contributed by atoms with van der Waals surface area (Å²) in [6, 6.07) is 10.2. The quantitative estimate of drug-likeness (QED) is 0.857. The predicted molar refractivity (Wildman–Crippen MR) is 111 cm³/mol.